The van der Waals surface area contributed by atoms with Crippen molar-refractivity contribution in [2.45, 2.75) is 25.3 Å². The monoisotopic (exact) mass is 204 g/mol. The van der Waals surface area contributed by atoms with Crippen molar-refractivity contribution >= 4 is 0 Å². The fourth-order valence-electron chi connectivity index (χ4n) is 1.60. The second kappa shape index (κ2) is 5.89. The van der Waals surface area contributed by atoms with Crippen LogP contribution in [0.15, 0.2) is 30.3 Å². The molecule has 2 aliphatic rings. The Balaban J connectivity index is 0.000000179. The second-order valence-corrected chi connectivity index (χ2v) is 4.23. The summed E-state index contributed by atoms with van der Waals surface area (Å²) in [4.78, 5) is 0. The maximum absolute atomic E-state index is 3.39. The lowest BCUT2D eigenvalue weighted by Gasteiger charge is -2.27. The van der Waals surface area contributed by atoms with Gasteiger partial charge < -0.3 is 10.6 Å². The minimum absolute atomic E-state index is 0.748. The summed E-state index contributed by atoms with van der Waals surface area (Å²) >= 11 is 0. The standard InChI is InChI=1S/C10H13N.C3H7N/c1-2-4-9(5-3-1)8-10-6-7-11-10;1-2-4-3-1/h1-5,10-11H,6-8H2;4H,1-3H2. The highest BCUT2D eigenvalue weighted by atomic mass is 15.0. The largest absolute Gasteiger partial charge is 0.317 e. The van der Waals surface area contributed by atoms with E-state index in [0.29, 0.717) is 0 Å². The molecule has 82 valence electrons. The molecule has 1 aromatic rings. The van der Waals surface area contributed by atoms with Gasteiger partial charge in [0.25, 0.3) is 0 Å². The lowest BCUT2D eigenvalue weighted by Crippen LogP contribution is -2.44. The van der Waals surface area contributed by atoms with E-state index in [2.05, 4.69) is 41.0 Å². The molecule has 0 aromatic heterocycles. The Morgan fingerprint density at radius 2 is 1.67 bits per heavy atom. The highest BCUT2D eigenvalue weighted by Gasteiger charge is 2.15. The molecule has 0 radical (unpaired) electrons. The lowest BCUT2D eigenvalue weighted by atomic mass is 9.98. The van der Waals surface area contributed by atoms with Crippen molar-refractivity contribution in [1.29, 1.82) is 0 Å². The third kappa shape index (κ3) is 3.65. The molecular formula is C13H20N2. The third-order valence-corrected chi connectivity index (χ3v) is 2.96. The lowest BCUT2D eigenvalue weighted by molar-refractivity contribution is 0.369. The Morgan fingerprint density at radius 1 is 1.07 bits per heavy atom. The summed E-state index contributed by atoms with van der Waals surface area (Å²) in [6.07, 6.45) is 3.93. The highest BCUT2D eigenvalue weighted by molar-refractivity contribution is 5.16. The summed E-state index contributed by atoms with van der Waals surface area (Å²) in [5.41, 5.74) is 1.45. The van der Waals surface area contributed by atoms with Crippen molar-refractivity contribution in [3.8, 4) is 0 Å². The molecule has 0 bridgehead atoms. The van der Waals surface area contributed by atoms with Crippen LogP contribution >= 0.6 is 0 Å². The van der Waals surface area contributed by atoms with E-state index in [1.165, 1.54) is 44.5 Å². The van der Waals surface area contributed by atoms with Crippen LogP contribution in [-0.4, -0.2) is 25.7 Å². The van der Waals surface area contributed by atoms with E-state index in [-0.39, 0.29) is 0 Å². The Morgan fingerprint density at radius 3 is 2.07 bits per heavy atom. The Bertz CT molecular complexity index is 259. The van der Waals surface area contributed by atoms with Crippen molar-refractivity contribution in [2.75, 3.05) is 19.6 Å². The van der Waals surface area contributed by atoms with Crippen molar-refractivity contribution < 1.29 is 0 Å². The van der Waals surface area contributed by atoms with Gasteiger partial charge in [-0.05, 0) is 44.5 Å². The molecule has 3 rings (SSSR count). The van der Waals surface area contributed by atoms with Crippen LogP contribution in [-0.2, 0) is 6.42 Å². The molecule has 2 N–H and O–H groups in total. The van der Waals surface area contributed by atoms with Crippen molar-refractivity contribution in [3.05, 3.63) is 35.9 Å². The fraction of sp³-hybridized carbons (Fsp3) is 0.538. The molecule has 15 heavy (non-hydrogen) atoms. The molecule has 2 heteroatoms. The van der Waals surface area contributed by atoms with Gasteiger partial charge in [0.15, 0.2) is 0 Å². The molecule has 0 amide bonds. The SMILES string of the molecule is C1CNC1.c1ccc(CC2CCN2)cc1. The quantitative estimate of drug-likeness (QED) is 0.764. The maximum Gasteiger partial charge on any atom is 0.0120 e. The van der Waals surface area contributed by atoms with Crippen LogP contribution < -0.4 is 10.6 Å². The summed E-state index contributed by atoms with van der Waals surface area (Å²) in [7, 11) is 0. The van der Waals surface area contributed by atoms with Crippen molar-refractivity contribution in [3.63, 3.8) is 0 Å². The molecule has 2 fully saturated rings. The molecule has 2 heterocycles. The van der Waals surface area contributed by atoms with E-state index >= 15 is 0 Å². The first-order chi connectivity index (χ1) is 7.45. The Kier molecular flexibility index (Phi) is 4.18. The smallest absolute Gasteiger partial charge is 0.0120 e. The van der Waals surface area contributed by atoms with Gasteiger partial charge >= 0.3 is 0 Å². The van der Waals surface area contributed by atoms with Gasteiger partial charge in [0.2, 0.25) is 0 Å². The molecule has 1 aromatic carbocycles. The normalized spacial score (nSPS) is 23.1. The highest BCUT2D eigenvalue weighted by Crippen LogP contribution is 2.09. The number of nitrogens with one attached hydrogen (secondary N) is 2. The topological polar surface area (TPSA) is 24.1 Å². The summed E-state index contributed by atoms with van der Waals surface area (Å²) in [5, 5.41) is 6.51. The first-order valence-corrected chi connectivity index (χ1v) is 5.93. The summed E-state index contributed by atoms with van der Waals surface area (Å²) in [6, 6.07) is 11.4. The minimum Gasteiger partial charge on any atom is -0.317 e. The van der Waals surface area contributed by atoms with Gasteiger partial charge in [0.05, 0.1) is 0 Å². The van der Waals surface area contributed by atoms with E-state index in [1.807, 2.05) is 0 Å². The zero-order valence-electron chi connectivity index (χ0n) is 9.21. The van der Waals surface area contributed by atoms with Gasteiger partial charge in [-0.3, -0.25) is 0 Å². The van der Waals surface area contributed by atoms with Crippen molar-refractivity contribution in [2.24, 2.45) is 0 Å². The predicted molar refractivity (Wildman–Crippen MR) is 64.0 cm³/mol. The molecule has 2 nitrogen and oxygen atoms in total. The van der Waals surface area contributed by atoms with Gasteiger partial charge in [-0.2, -0.15) is 0 Å². The molecule has 0 aliphatic carbocycles. The average Bonchev–Trinajstić information content (AvgIpc) is 2.11. The van der Waals surface area contributed by atoms with E-state index in [9.17, 15) is 0 Å². The molecule has 0 spiro atoms. The second-order valence-electron chi connectivity index (χ2n) is 4.23. The molecule has 1 atom stereocenters. The van der Waals surface area contributed by atoms with E-state index in [0.717, 1.165) is 6.04 Å². The number of hydrogen-bond donors (Lipinski definition) is 2. The third-order valence-electron chi connectivity index (χ3n) is 2.96. The predicted octanol–water partition coefficient (Wildman–Crippen LogP) is 1.57. The van der Waals surface area contributed by atoms with Gasteiger partial charge in [-0.15, -0.1) is 0 Å². The fourth-order valence-corrected chi connectivity index (χ4v) is 1.60. The zero-order chi connectivity index (χ0) is 10.3. The molecule has 2 aliphatic heterocycles. The van der Waals surface area contributed by atoms with Crippen LogP contribution in [0, 0.1) is 0 Å². The van der Waals surface area contributed by atoms with Crippen LogP contribution in [0.2, 0.25) is 0 Å². The molecule has 2 saturated heterocycles. The Labute approximate surface area is 92.1 Å². The van der Waals surface area contributed by atoms with E-state index in [1.54, 1.807) is 0 Å². The van der Waals surface area contributed by atoms with E-state index < -0.39 is 0 Å². The number of hydrogen-bond acceptors (Lipinski definition) is 2. The van der Waals surface area contributed by atoms with Crippen LogP contribution in [0.1, 0.15) is 18.4 Å². The molecular weight excluding hydrogens is 184 g/mol. The summed E-state index contributed by atoms with van der Waals surface area (Å²) in [5.74, 6) is 0. The van der Waals surface area contributed by atoms with Gasteiger partial charge in [-0.1, -0.05) is 30.3 Å². The average molecular weight is 204 g/mol. The maximum atomic E-state index is 3.39. The van der Waals surface area contributed by atoms with E-state index in [4.69, 9.17) is 0 Å². The van der Waals surface area contributed by atoms with Crippen LogP contribution in [0.5, 0.6) is 0 Å². The van der Waals surface area contributed by atoms with Crippen LogP contribution in [0.4, 0.5) is 0 Å². The van der Waals surface area contributed by atoms with Gasteiger partial charge in [-0.25, -0.2) is 0 Å². The van der Waals surface area contributed by atoms with Crippen LogP contribution in [0.3, 0.4) is 0 Å². The number of benzene rings is 1. The minimum atomic E-state index is 0.748. The van der Waals surface area contributed by atoms with Crippen LogP contribution in [0.25, 0.3) is 0 Å². The Hall–Kier alpha value is -0.860. The first-order valence-electron chi connectivity index (χ1n) is 5.93. The molecule has 0 saturated carbocycles. The summed E-state index contributed by atoms with van der Waals surface area (Å²) < 4.78 is 0. The molecule has 1 unspecified atom stereocenters. The van der Waals surface area contributed by atoms with Crippen molar-refractivity contribution in [1.82, 2.24) is 10.6 Å². The van der Waals surface area contributed by atoms with Gasteiger partial charge in [0, 0.05) is 6.04 Å². The number of rotatable bonds is 2. The first kappa shape index (κ1) is 10.7. The zero-order valence-corrected chi connectivity index (χ0v) is 9.21. The van der Waals surface area contributed by atoms with Gasteiger partial charge in [0.1, 0.15) is 0 Å². The summed E-state index contributed by atoms with van der Waals surface area (Å²) in [6.45, 7) is 3.71.